The second kappa shape index (κ2) is 6.20. The molecule has 6 heteroatoms. The van der Waals surface area contributed by atoms with Crippen LogP contribution in [-0.2, 0) is 4.79 Å². The summed E-state index contributed by atoms with van der Waals surface area (Å²) in [4.78, 5) is 19.0. The number of benzene rings is 1. The van der Waals surface area contributed by atoms with E-state index >= 15 is 0 Å². The lowest BCUT2D eigenvalue weighted by Gasteiger charge is -2.20. The third-order valence-electron chi connectivity index (χ3n) is 4.19. The van der Waals surface area contributed by atoms with Gasteiger partial charge in [0.05, 0.1) is 22.0 Å². The fraction of sp³-hybridized carbons (Fsp3) is 0.278. The van der Waals surface area contributed by atoms with Crippen molar-refractivity contribution < 1.29 is 9.32 Å². The Bertz CT molecular complexity index is 879. The van der Waals surface area contributed by atoms with Gasteiger partial charge in [0.15, 0.2) is 5.76 Å². The van der Waals surface area contributed by atoms with Gasteiger partial charge in [0.2, 0.25) is 5.91 Å². The molecule has 1 aliphatic rings. The Morgan fingerprint density at radius 1 is 1.42 bits per heavy atom. The Morgan fingerprint density at radius 3 is 3.08 bits per heavy atom. The molecule has 3 heterocycles. The van der Waals surface area contributed by atoms with Crippen LogP contribution in [-0.4, -0.2) is 27.5 Å². The van der Waals surface area contributed by atoms with Gasteiger partial charge in [-0.05, 0) is 38.0 Å². The van der Waals surface area contributed by atoms with Crippen LogP contribution in [0.2, 0.25) is 0 Å². The molecule has 3 aromatic rings. The van der Waals surface area contributed by atoms with Crippen LogP contribution in [0.25, 0.3) is 16.3 Å². The molecule has 1 amide bonds. The number of carbonyl (C=O) groups is 1. The largest absolute Gasteiger partial charge is 0.359 e. The van der Waals surface area contributed by atoms with Crippen LogP contribution in [0.5, 0.6) is 0 Å². The molecule has 0 spiro atoms. The highest BCUT2D eigenvalue weighted by Gasteiger charge is 2.31. The zero-order chi connectivity index (χ0) is 16.5. The molecule has 1 atom stereocenters. The van der Waals surface area contributed by atoms with E-state index in [0.29, 0.717) is 0 Å². The van der Waals surface area contributed by atoms with Crippen LogP contribution < -0.4 is 0 Å². The van der Waals surface area contributed by atoms with E-state index in [9.17, 15) is 4.79 Å². The van der Waals surface area contributed by atoms with Gasteiger partial charge >= 0.3 is 0 Å². The molecule has 2 aromatic heterocycles. The van der Waals surface area contributed by atoms with Crippen molar-refractivity contribution in [3.8, 4) is 0 Å². The second-order valence-electron chi connectivity index (χ2n) is 5.91. The zero-order valence-corrected chi connectivity index (χ0v) is 14.1. The van der Waals surface area contributed by atoms with Crippen LogP contribution in [0.3, 0.4) is 0 Å². The lowest BCUT2D eigenvalue weighted by atomic mass is 10.1. The van der Waals surface area contributed by atoms with Crippen molar-refractivity contribution in [2.24, 2.45) is 0 Å². The molecule has 0 saturated carbocycles. The number of thiazole rings is 1. The summed E-state index contributed by atoms with van der Waals surface area (Å²) in [6.07, 6.45) is 5.30. The van der Waals surface area contributed by atoms with Gasteiger partial charge in [-0.1, -0.05) is 17.3 Å². The molecule has 0 bridgehead atoms. The van der Waals surface area contributed by atoms with Gasteiger partial charge in [-0.15, -0.1) is 11.3 Å². The van der Waals surface area contributed by atoms with E-state index in [-0.39, 0.29) is 11.9 Å². The highest BCUT2D eigenvalue weighted by atomic mass is 32.1. The lowest BCUT2D eigenvalue weighted by Crippen LogP contribution is -2.28. The van der Waals surface area contributed by atoms with Crippen molar-refractivity contribution in [2.45, 2.75) is 25.8 Å². The van der Waals surface area contributed by atoms with Gasteiger partial charge in [0, 0.05) is 18.7 Å². The zero-order valence-electron chi connectivity index (χ0n) is 13.3. The summed E-state index contributed by atoms with van der Waals surface area (Å²) in [5, 5.41) is 4.78. The first-order valence-corrected chi connectivity index (χ1v) is 8.80. The number of aryl methyl sites for hydroxylation is 1. The smallest absolute Gasteiger partial charge is 0.247 e. The average molecular weight is 339 g/mol. The first-order valence-electron chi connectivity index (χ1n) is 7.98. The summed E-state index contributed by atoms with van der Waals surface area (Å²) in [5.74, 6) is 0.762. The SMILES string of the molecule is Cc1cc(C2CCCN2C(=O)/C=C/c2nc3ccccc3s2)on1. The number of para-hydroxylation sites is 1. The molecule has 5 nitrogen and oxygen atoms in total. The fourth-order valence-corrected chi connectivity index (χ4v) is 3.94. The molecular weight excluding hydrogens is 322 g/mol. The van der Waals surface area contributed by atoms with E-state index in [1.54, 1.807) is 23.5 Å². The minimum atomic E-state index is -0.0151. The van der Waals surface area contributed by atoms with Crippen molar-refractivity contribution in [3.63, 3.8) is 0 Å². The number of amides is 1. The van der Waals surface area contributed by atoms with Crippen LogP contribution in [0, 0.1) is 6.92 Å². The summed E-state index contributed by atoms with van der Waals surface area (Å²) in [5.41, 5.74) is 1.81. The molecule has 24 heavy (non-hydrogen) atoms. The first-order chi connectivity index (χ1) is 11.7. The molecule has 1 saturated heterocycles. The van der Waals surface area contributed by atoms with Crippen molar-refractivity contribution in [1.82, 2.24) is 15.0 Å². The van der Waals surface area contributed by atoms with E-state index in [0.717, 1.165) is 46.1 Å². The van der Waals surface area contributed by atoms with Crippen molar-refractivity contribution in [1.29, 1.82) is 0 Å². The van der Waals surface area contributed by atoms with Gasteiger partial charge in [-0.25, -0.2) is 4.98 Å². The molecule has 1 aromatic carbocycles. The van der Waals surface area contributed by atoms with Gasteiger partial charge in [-0.3, -0.25) is 4.79 Å². The number of nitrogens with zero attached hydrogens (tertiary/aromatic N) is 3. The van der Waals surface area contributed by atoms with Crippen molar-refractivity contribution in [3.05, 3.63) is 52.9 Å². The molecule has 4 rings (SSSR count). The van der Waals surface area contributed by atoms with Gasteiger partial charge in [0.1, 0.15) is 5.01 Å². The Labute approximate surface area is 143 Å². The number of aromatic nitrogens is 2. The summed E-state index contributed by atoms with van der Waals surface area (Å²) in [6.45, 7) is 2.63. The van der Waals surface area contributed by atoms with Crippen molar-refractivity contribution in [2.75, 3.05) is 6.54 Å². The minimum Gasteiger partial charge on any atom is -0.359 e. The lowest BCUT2D eigenvalue weighted by molar-refractivity contribution is -0.127. The van der Waals surface area contributed by atoms with Gasteiger partial charge in [-0.2, -0.15) is 0 Å². The number of carbonyl (C=O) groups excluding carboxylic acids is 1. The second-order valence-corrected chi connectivity index (χ2v) is 6.98. The summed E-state index contributed by atoms with van der Waals surface area (Å²) in [6, 6.07) is 9.87. The topological polar surface area (TPSA) is 59.2 Å². The molecule has 1 unspecified atom stereocenters. The van der Waals surface area contributed by atoms with E-state index in [1.165, 1.54) is 0 Å². The Morgan fingerprint density at radius 2 is 2.29 bits per heavy atom. The number of likely N-dealkylation sites (tertiary alicyclic amines) is 1. The van der Waals surface area contributed by atoms with Gasteiger partial charge < -0.3 is 9.42 Å². The van der Waals surface area contributed by atoms with E-state index < -0.39 is 0 Å². The summed E-state index contributed by atoms with van der Waals surface area (Å²) in [7, 11) is 0. The highest BCUT2D eigenvalue weighted by Crippen LogP contribution is 2.32. The fourth-order valence-electron chi connectivity index (χ4n) is 3.07. The Balaban J connectivity index is 1.52. The maximum Gasteiger partial charge on any atom is 0.247 e. The molecule has 0 N–H and O–H groups in total. The number of hydrogen-bond donors (Lipinski definition) is 0. The standard InChI is InChI=1S/C18H17N3O2S/c1-12-11-15(23-20-12)14-6-4-10-21(14)18(22)9-8-17-19-13-5-2-3-7-16(13)24-17/h2-3,5,7-9,11,14H,4,6,10H2,1H3/b9-8+. The van der Waals surface area contributed by atoms with E-state index in [1.807, 2.05) is 42.2 Å². The molecule has 1 fully saturated rings. The normalized spacial score (nSPS) is 18.0. The third kappa shape index (κ3) is 2.85. The van der Waals surface area contributed by atoms with Crippen LogP contribution >= 0.6 is 11.3 Å². The highest BCUT2D eigenvalue weighted by molar-refractivity contribution is 7.19. The Kier molecular flexibility index (Phi) is 3.90. The quantitative estimate of drug-likeness (QED) is 0.678. The molecule has 1 aliphatic heterocycles. The molecular formula is C18H17N3O2S. The monoisotopic (exact) mass is 339 g/mol. The summed E-state index contributed by atoms with van der Waals surface area (Å²) >= 11 is 1.59. The van der Waals surface area contributed by atoms with E-state index in [2.05, 4.69) is 10.1 Å². The van der Waals surface area contributed by atoms with Gasteiger partial charge in [0.25, 0.3) is 0 Å². The van der Waals surface area contributed by atoms with Crippen LogP contribution in [0.1, 0.15) is 35.3 Å². The number of rotatable bonds is 3. The summed E-state index contributed by atoms with van der Waals surface area (Å²) < 4.78 is 6.48. The number of fused-ring (bicyclic) bond motifs is 1. The molecule has 0 radical (unpaired) electrons. The van der Waals surface area contributed by atoms with E-state index in [4.69, 9.17) is 4.52 Å². The maximum atomic E-state index is 12.6. The predicted octanol–water partition coefficient (Wildman–Crippen LogP) is 3.97. The third-order valence-corrected chi connectivity index (χ3v) is 5.19. The first kappa shape index (κ1) is 15.1. The van der Waals surface area contributed by atoms with Crippen molar-refractivity contribution >= 4 is 33.5 Å². The molecule has 0 aliphatic carbocycles. The van der Waals surface area contributed by atoms with Crippen LogP contribution in [0.15, 0.2) is 40.9 Å². The predicted molar refractivity (Wildman–Crippen MR) is 93.6 cm³/mol. The average Bonchev–Trinajstić information content (AvgIpc) is 3.30. The Hall–Kier alpha value is -2.47. The number of hydrogen-bond acceptors (Lipinski definition) is 5. The molecule has 122 valence electrons. The maximum absolute atomic E-state index is 12.6. The minimum absolute atomic E-state index is 0.00851. The van der Waals surface area contributed by atoms with Crippen LogP contribution in [0.4, 0.5) is 0 Å².